The Morgan fingerprint density at radius 1 is 1.29 bits per heavy atom. The summed E-state index contributed by atoms with van der Waals surface area (Å²) in [6.45, 7) is 8.75. The lowest BCUT2D eigenvalue weighted by atomic mass is 9.87. The van der Waals surface area contributed by atoms with E-state index in [9.17, 15) is 4.79 Å². The van der Waals surface area contributed by atoms with E-state index in [1.54, 1.807) is 4.90 Å². The van der Waals surface area contributed by atoms with Crippen molar-refractivity contribution >= 4 is 17.5 Å². The Hall–Kier alpha value is -1.71. The smallest absolute Gasteiger partial charge is 0.414 e. The molecule has 1 aliphatic carbocycles. The molecule has 1 saturated carbocycles. The van der Waals surface area contributed by atoms with E-state index in [-0.39, 0.29) is 6.09 Å². The quantitative estimate of drug-likeness (QED) is 0.832. The zero-order valence-corrected chi connectivity index (χ0v) is 15.4. The number of fused-ring (bicyclic) bond motifs is 1. The van der Waals surface area contributed by atoms with Crippen molar-refractivity contribution in [2.75, 3.05) is 16.8 Å². The summed E-state index contributed by atoms with van der Waals surface area (Å²) in [5.41, 5.74) is 2.94. The third-order valence-electron chi connectivity index (χ3n) is 4.90. The van der Waals surface area contributed by atoms with Crippen molar-refractivity contribution in [2.24, 2.45) is 5.92 Å². The first kappa shape index (κ1) is 17.1. The Labute approximate surface area is 145 Å². The molecule has 1 aromatic rings. The first-order valence-electron chi connectivity index (χ1n) is 9.22. The highest BCUT2D eigenvalue weighted by Crippen LogP contribution is 2.33. The van der Waals surface area contributed by atoms with Crippen LogP contribution in [0.15, 0.2) is 18.2 Å². The van der Waals surface area contributed by atoms with E-state index in [1.165, 1.54) is 36.9 Å². The number of nitrogens with zero attached hydrogens (tertiary/aromatic N) is 1. The number of amides is 1. The minimum Gasteiger partial charge on any atom is -0.443 e. The molecular formula is C20H30N2O2. The molecule has 1 aromatic carbocycles. The van der Waals surface area contributed by atoms with Crippen LogP contribution in [0, 0.1) is 5.92 Å². The lowest BCUT2D eigenvalue weighted by Gasteiger charge is -2.28. The van der Waals surface area contributed by atoms with E-state index >= 15 is 0 Å². The fourth-order valence-corrected chi connectivity index (χ4v) is 3.80. The van der Waals surface area contributed by atoms with Gasteiger partial charge in [-0.1, -0.05) is 19.8 Å². The van der Waals surface area contributed by atoms with Crippen molar-refractivity contribution in [3.8, 4) is 0 Å². The molecule has 4 nitrogen and oxygen atoms in total. The van der Waals surface area contributed by atoms with Gasteiger partial charge in [0.05, 0.1) is 5.69 Å². The molecule has 0 spiro atoms. The molecule has 0 bridgehead atoms. The van der Waals surface area contributed by atoms with Crippen molar-refractivity contribution in [3.63, 3.8) is 0 Å². The van der Waals surface area contributed by atoms with Gasteiger partial charge in [0.1, 0.15) is 5.60 Å². The molecule has 4 heteroatoms. The van der Waals surface area contributed by atoms with Crippen molar-refractivity contribution in [2.45, 2.75) is 71.4 Å². The van der Waals surface area contributed by atoms with Gasteiger partial charge in [-0.3, -0.25) is 4.90 Å². The largest absolute Gasteiger partial charge is 0.443 e. The van der Waals surface area contributed by atoms with Crippen LogP contribution in [-0.4, -0.2) is 24.3 Å². The topological polar surface area (TPSA) is 41.6 Å². The molecule has 2 unspecified atom stereocenters. The van der Waals surface area contributed by atoms with Crippen LogP contribution in [0.3, 0.4) is 0 Å². The molecule has 1 amide bonds. The van der Waals surface area contributed by atoms with Gasteiger partial charge < -0.3 is 10.1 Å². The van der Waals surface area contributed by atoms with Gasteiger partial charge in [0, 0.05) is 18.3 Å². The summed E-state index contributed by atoms with van der Waals surface area (Å²) in [7, 11) is 0. The van der Waals surface area contributed by atoms with E-state index in [4.69, 9.17) is 4.74 Å². The molecule has 2 aliphatic rings. The van der Waals surface area contributed by atoms with E-state index in [0.717, 1.165) is 18.0 Å². The van der Waals surface area contributed by atoms with E-state index in [2.05, 4.69) is 30.4 Å². The Balaban J connectivity index is 1.68. The first-order chi connectivity index (χ1) is 11.3. The van der Waals surface area contributed by atoms with Gasteiger partial charge in [0.15, 0.2) is 0 Å². The molecule has 1 aliphatic heterocycles. The molecular weight excluding hydrogens is 300 g/mol. The molecule has 1 fully saturated rings. The van der Waals surface area contributed by atoms with Crippen molar-refractivity contribution in [1.29, 1.82) is 0 Å². The van der Waals surface area contributed by atoms with E-state index in [1.807, 2.05) is 20.8 Å². The molecule has 2 atom stereocenters. The standard InChI is InChI=1S/C20H30N2O2/c1-14-6-5-7-16(12-14)21-17-8-9-18-15(13-17)10-11-22(18)19(23)24-20(2,3)4/h8-9,13-14,16,21H,5-7,10-12H2,1-4H3. The predicted molar refractivity (Wildman–Crippen MR) is 98.8 cm³/mol. The molecule has 24 heavy (non-hydrogen) atoms. The number of hydrogen-bond acceptors (Lipinski definition) is 3. The Morgan fingerprint density at radius 3 is 2.79 bits per heavy atom. The van der Waals surface area contributed by atoms with Gasteiger partial charge in [0.25, 0.3) is 0 Å². The Morgan fingerprint density at radius 2 is 2.08 bits per heavy atom. The van der Waals surface area contributed by atoms with Gasteiger partial charge in [-0.15, -0.1) is 0 Å². The number of hydrogen-bond donors (Lipinski definition) is 1. The van der Waals surface area contributed by atoms with Crippen LogP contribution in [-0.2, 0) is 11.2 Å². The highest BCUT2D eigenvalue weighted by Gasteiger charge is 2.29. The SMILES string of the molecule is CC1CCCC(Nc2ccc3c(c2)CCN3C(=O)OC(C)(C)C)C1. The van der Waals surface area contributed by atoms with Crippen LogP contribution in [0.2, 0.25) is 0 Å². The predicted octanol–water partition coefficient (Wildman–Crippen LogP) is 4.97. The summed E-state index contributed by atoms with van der Waals surface area (Å²) in [6.07, 6.45) is 5.82. The average molecular weight is 330 g/mol. The van der Waals surface area contributed by atoms with Gasteiger partial charge in [-0.05, 0) is 69.7 Å². The lowest BCUT2D eigenvalue weighted by Crippen LogP contribution is -2.35. The summed E-state index contributed by atoms with van der Waals surface area (Å²) in [6, 6.07) is 6.94. The van der Waals surface area contributed by atoms with Crippen molar-refractivity contribution < 1.29 is 9.53 Å². The number of nitrogens with one attached hydrogen (secondary N) is 1. The summed E-state index contributed by atoms with van der Waals surface area (Å²) in [5, 5.41) is 3.69. The molecule has 0 aromatic heterocycles. The maximum Gasteiger partial charge on any atom is 0.414 e. The number of carbonyl (C=O) groups is 1. The summed E-state index contributed by atoms with van der Waals surface area (Å²) >= 11 is 0. The first-order valence-corrected chi connectivity index (χ1v) is 9.22. The number of rotatable bonds is 2. The monoisotopic (exact) mass is 330 g/mol. The Kier molecular flexibility index (Phi) is 4.75. The minimum atomic E-state index is -0.459. The molecule has 1 N–H and O–H groups in total. The average Bonchev–Trinajstić information content (AvgIpc) is 2.88. The summed E-state index contributed by atoms with van der Waals surface area (Å²) < 4.78 is 5.51. The van der Waals surface area contributed by atoms with Gasteiger partial charge >= 0.3 is 6.09 Å². The molecule has 132 valence electrons. The van der Waals surface area contributed by atoms with Crippen LogP contribution < -0.4 is 10.2 Å². The zero-order chi connectivity index (χ0) is 17.3. The van der Waals surface area contributed by atoms with Crippen LogP contribution in [0.1, 0.15) is 58.9 Å². The fourth-order valence-electron chi connectivity index (χ4n) is 3.80. The third-order valence-corrected chi connectivity index (χ3v) is 4.90. The third kappa shape index (κ3) is 4.03. The molecule has 0 saturated heterocycles. The highest BCUT2D eigenvalue weighted by atomic mass is 16.6. The molecule has 3 rings (SSSR count). The van der Waals surface area contributed by atoms with Crippen LogP contribution in [0.5, 0.6) is 0 Å². The summed E-state index contributed by atoms with van der Waals surface area (Å²) in [5.74, 6) is 0.813. The maximum absolute atomic E-state index is 12.3. The minimum absolute atomic E-state index is 0.247. The summed E-state index contributed by atoms with van der Waals surface area (Å²) in [4.78, 5) is 14.1. The van der Waals surface area contributed by atoms with E-state index < -0.39 is 5.60 Å². The van der Waals surface area contributed by atoms with Crippen LogP contribution in [0.25, 0.3) is 0 Å². The van der Waals surface area contributed by atoms with Crippen molar-refractivity contribution in [1.82, 2.24) is 0 Å². The highest BCUT2D eigenvalue weighted by molar-refractivity contribution is 5.91. The second-order valence-corrected chi connectivity index (χ2v) is 8.34. The van der Waals surface area contributed by atoms with Crippen LogP contribution in [0.4, 0.5) is 16.2 Å². The van der Waals surface area contributed by atoms with Crippen molar-refractivity contribution in [3.05, 3.63) is 23.8 Å². The number of ether oxygens (including phenoxy) is 1. The fraction of sp³-hybridized carbons (Fsp3) is 0.650. The number of benzene rings is 1. The van der Waals surface area contributed by atoms with Gasteiger partial charge in [-0.25, -0.2) is 4.79 Å². The second-order valence-electron chi connectivity index (χ2n) is 8.34. The number of carbonyl (C=O) groups excluding carboxylic acids is 1. The lowest BCUT2D eigenvalue weighted by molar-refractivity contribution is 0.0584. The van der Waals surface area contributed by atoms with Crippen LogP contribution >= 0.6 is 0 Å². The van der Waals surface area contributed by atoms with Gasteiger partial charge in [-0.2, -0.15) is 0 Å². The van der Waals surface area contributed by atoms with E-state index in [0.29, 0.717) is 12.6 Å². The second kappa shape index (κ2) is 6.66. The molecule has 1 heterocycles. The number of anilines is 2. The molecule has 0 radical (unpaired) electrons. The zero-order valence-electron chi connectivity index (χ0n) is 15.4. The normalized spacial score (nSPS) is 23.8. The maximum atomic E-state index is 12.3. The Bertz CT molecular complexity index is 606. The van der Waals surface area contributed by atoms with Gasteiger partial charge in [0.2, 0.25) is 0 Å².